The van der Waals surface area contributed by atoms with Crippen molar-refractivity contribution in [1.82, 2.24) is 14.5 Å². The number of alkyl halides is 3. The number of hydrogen-bond donors (Lipinski definition) is 1. The molecule has 0 saturated carbocycles. The van der Waals surface area contributed by atoms with Crippen LogP contribution in [0.3, 0.4) is 0 Å². The fourth-order valence-electron chi connectivity index (χ4n) is 3.91. The van der Waals surface area contributed by atoms with Crippen molar-refractivity contribution in [1.29, 1.82) is 5.26 Å². The molecule has 12 heteroatoms. The van der Waals surface area contributed by atoms with Crippen LogP contribution < -0.4 is 5.32 Å². The Hall–Kier alpha value is -4.76. The molecular weight excluding hydrogens is 529 g/mol. The number of halogens is 3. The number of nitro groups is 1. The minimum absolute atomic E-state index is 0.0380. The second-order valence-electron chi connectivity index (χ2n) is 8.57. The summed E-state index contributed by atoms with van der Waals surface area (Å²) in [7, 11) is 0. The van der Waals surface area contributed by atoms with Gasteiger partial charge in [0.25, 0.3) is 5.69 Å². The first-order chi connectivity index (χ1) is 18.6. The lowest BCUT2D eigenvalue weighted by Gasteiger charge is -2.27. The average molecular weight is 551 g/mol. The summed E-state index contributed by atoms with van der Waals surface area (Å²) < 4.78 is 43.0. The molecule has 0 aliphatic carbocycles. The van der Waals surface area contributed by atoms with Crippen molar-refractivity contribution in [2.75, 3.05) is 5.32 Å². The molecule has 0 atom stereocenters. The van der Waals surface area contributed by atoms with Crippen molar-refractivity contribution in [3.63, 3.8) is 0 Å². The summed E-state index contributed by atoms with van der Waals surface area (Å²) in [5, 5.41) is 23.1. The third-order valence-corrected chi connectivity index (χ3v) is 6.25. The van der Waals surface area contributed by atoms with Crippen LogP contribution in [-0.2, 0) is 25.8 Å². The molecule has 0 aliphatic heterocycles. The average Bonchev–Trinajstić information content (AvgIpc) is 3.35. The molecule has 0 radical (unpaired) electrons. The van der Waals surface area contributed by atoms with Gasteiger partial charge in [-0.25, -0.2) is 4.98 Å². The molecule has 1 aromatic heterocycles. The monoisotopic (exact) mass is 550 g/mol. The van der Waals surface area contributed by atoms with Crippen LogP contribution in [0.4, 0.5) is 24.5 Å². The van der Waals surface area contributed by atoms with E-state index in [0.29, 0.717) is 23.5 Å². The number of nitro benzene ring substituents is 1. The molecule has 0 amide bonds. The highest BCUT2D eigenvalue weighted by molar-refractivity contribution is 7.80. The molecule has 3 aromatic carbocycles. The lowest BCUT2D eigenvalue weighted by Crippen LogP contribution is -2.35. The lowest BCUT2D eigenvalue weighted by molar-refractivity contribution is -0.384. The third kappa shape index (κ3) is 6.97. The third-order valence-electron chi connectivity index (χ3n) is 5.89. The molecule has 198 valence electrons. The van der Waals surface area contributed by atoms with E-state index in [1.54, 1.807) is 29.6 Å². The molecule has 39 heavy (non-hydrogen) atoms. The largest absolute Gasteiger partial charge is 0.416 e. The summed E-state index contributed by atoms with van der Waals surface area (Å²) in [6.45, 7) is 0.397. The van der Waals surface area contributed by atoms with Gasteiger partial charge in [-0.05, 0) is 53.7 Å². The maximum absolute atomic E-state index is 13.7. The molecule has 0 aliphatic rings. The van der Waals surface area contributed by atoms with E-state index in [1.165, 1.54) is 42.5 Å². The van der Waals surface area contributed by atoms with Gasteiger partial charge in [-0.1, -0.05) is 30.3 Å². The van der Waals surface area contributed by atoms with Crippen LogP contribution in [0, 0.1) is 21.4 Å². The van der Waals surface area contributed by atoms with E-state index >= 15 is 0 Å². The maximum Gasteiger partial charge on any atom is 0.416 e. The van der Waals surface area contributed by atoms with Crippen molar-refractivity contribution >= 4 is 28.7 Å². The highest BCUT2D eigenvalue weighted by Gasteiger charge is 2.33. The predicted octanol–water partition coefficient (Wildman–Crippen LogP) is 6.13. The van der Waals surface area contributed by atoms with E-state index in [0.717, 1.165) is 11.6 Å². The van der Waals surface area contributed by atoms with Crippen molar-refractivity contribution in [3.05, 3.63) is 123 Å². The van der Waals surface area contributed by atoms with E-state index in [1.807, 2.05) is 16.7 Å². The highest BCUT2D eigenvalue weighted by Crippen LogP contribution is 2.32. The van der Waals surface area contributed by atoms with Gasteiger partial charge < -0.3 is 14.8 Å². The predicted molar refractivity (Wildman–Crippen MR) is 142 cm³/mol. The summed E-state index contributed by atoms with van der Waals surface area (Å²) in [6.07, 6.45) is -1.32. The van der Waals surface area contributed by atoms with Gasteiger partial charge in [-0.15, -0.1) is 0 Å². The van der Waals surface area contributed by atoms with Gasteiger partial charge in [0.2, 0.25) is 0 Å². The molecule has 8 nitrogen and oxygen atoms in total. The van der Waals surface area contributed by atoms with Gasteiger partial charge in [-0.3, -0.25) is 10.1 Å². The zero-order valence-electron chi connectivity index (χ0n) is 20.3. The fourth-order valence-corrected chi connectivity index (χ4v) is 4.15. The number of aromatic nitrogens is 2. The number of nitrogens with one attached hydrogen (secondary N) is 1. The Morgan fingerprint density at radius 2 is 1.77 bits per heavy atom. The molecule has 4 aromatic rings. The maximum atomic E-state index is 13.7. The second-order valence-corrected chi connectivity index (χ2v) is 8.95. The summed E-state index contributed by atoms with van der Waals surface area (Å²) in [5.74, 6) is 0. The number of anilines is 1. The number of imidazole rings is 1. The molecule has 0 fully saturated rings. The highest BCUT2D eigenvalue weighted by atomic mass is 32.1. The summed E-state index contributed by atoms with van der Waals surface area (Å²) in [4.78, 5) is 16.2. The quantitative estimate of drug-likeness (QED) is 0.160. The first-order valence-corrected chi connectivity index (χ1v) is 12.0. The first-order valence-electron chi connectivity index (χ1n) is 11.6. The van der Waals surface area contributed by atoms with Gasteiger partial charge in [0, 0.05) is 37.1 Å². The molecule has 1 heterocycles. The van der Waals surface area contributed by atoms with Gasteiger partial charge in [-0.2, -0.15) is 18.4 Å². The fraction of sp³-hybridized carbons (Fsp3) is 0.148. The van der Waals surface area contributed by atoms with Crippen molar-refractivity contribution in [2.45, 2.75) is 25.8 Å². The standard InChI is InChI=1S/C27H21F3N6O2S/c28-27(29,30)25-4-2-1-3-21(25)16-34(26(39)33-22-9-11-23(12-10-22)36(37)38)17-24-14-32-18-35(24)15-20-7-5-19(13-31)6-8-20/h1-12,14,18H,15-17H2,(H,33,39). The van der Waals surface area contributed by atoms with Crippen LogP contribution in [-0.4, -0.2) is 24.5 Å². The van der Waals surface area contributed by atoms with Crippen LogP contribution in [0.25, 0.3) is 0 Å². The number of hydrogen-bond acceptors (Lipinski definition) is 5. The van der Waals surface area contributed by atoms with Gasteiger partial charge in [0.1, 0.15) is 0 Å². The molecular formula is C27H21F3N6O2S. The first kappa shape index (κ1) is 27.3. The number of nitriles is 1. The molecule has 1 N–H and O–H groups in total. The molecule has 0 unspecified atom stereocenters. The summed E-state index contributed by atoms with van der Waals surface area (Å²) in [6, 6.07) is 20.0. The van der Waals surface area contributed by atoms with Crippen LogP contribution in [0.2, 0.25) is 0 Å². The number of benzene rings is 3. The van der Waals surface area contributed by atoms with E-state index in [4.69, 9.17) is 17.5 Å². The van der Waals surface area contributed by atoms with E-state index in [2.05, 4.69) is 16.4 Å². The molecule has 4 rings (SSSR count). The zero-order valence-corrected chi connectivity index (χ0v) is 21.1. The van der Waals surface area contributed by atoms with Crippen molar-refractivity contribution in [3.8, 4) is 6.07 Å². The Balaban J connectivity index is 1.61. The number of non-ortho nitro benzene ring substituents is 1. The Morgan fingerprint density at radius 3 is 2.41 bits per heavy atom. The van der Waals surface area contributed by atoms with Crippen molar-refractivity contribution < 1.29 is 18.1 Å². The Morgan fingerprint density at radius 1 is 1.08 bits per heavy atom. The minimum atomic E-state index is -4.55. The molecule has 0 bridgehead atoms. The van der Waals surface area contributed by atoms with E-state index in [-0.39, 0.29) is 29.5 Å². The second kappa shape index (κ2) is 11.7. The van der Waals surface area contributed by atoms with Crippen LogP contribution in [0.1, 0.15) is 27.9 Å². The normalized spacial score (nSPS) is 11.0. The van der Waals surface area contributed by atoms with Gasteiger partial charge >= 0.3 is 6.18 Å². The zero-order chi connectivity index (χ0) is 28.0. The Bertz CT molecular complexity index is 1510. The smallest absolute Gasteiger partial charge is 0.339 e. The van der Waals surface area contributed by atoms with E-state index in [9.17, 15) is 23.3 Å². The minimum Gasteiger partial charge on any atom is -0.339 e. The van der Waals surface area contributed by atoms with Crippen LogP contribution in [0.15, 0.2) is 85.3 Å². The van der Waals surface area contributed by atoms with Gasteiger partial charge in [0.05, 0.1) is 40.7 Å². The SMILES string of the molecule is N#Cc1ccc(Cn2cncc2CN(Cc2ccccc2C(F)(F)F)C(=S)Nc2ccc([N+](=O)[O-])cc2)cc1. The number of nitrogens with zero attached hydrogens (tertiary/aromatic N) is 5. The van der Waals surface area contributed by atoms with Crippen molar-refractivity contribution in [2.24, 2.45) is 0 Å². The molecule has 0 spiro atoms. The van der Waals surface area contributed by atoms with Crippen LogP contribution in [0.5, 0.6) is 0 Å². The molecule has 0 saturated heterocycles. The number of thiocarbonyl (C=S) groups is 1. The van der Waals surface area contributed by atoms with E-state index < -0.39 is 16.7 Å². The number of rotatable bonds is 8. The van der Waals surface area contributed by atoms with Crippen LogP contribution >= 0.6 is 12.2 Å². The Kier molecular flexibility index (Phi) is 8.21. The summed E-state index contributed by atoms with van der Waals surface area (Å²) in [5.41, 5.74) is 1.75. The topological polar surface area (TPSA) is 100 Å². The van der Waals surface area contributed by atoms with Gasteiger partial charge in [0.15, 0.2) is 5.11 Å². The summed E-state index contributed by atoms with van der Waals surface area (Å²) >= 11 is 5.59. The Labute approximate surface area is 227 Å². The lowest BCUT2D eigenvalue weighted by atomic mass is 10.1.